The van der Waals surface area contributed by atoms with Gasteiger partial charge in [0.25, 0.3) is 0 Å². The standard InChI is InChI=1S/C19H23FN2O/c1-12(15-9-8-14(20)11-17(15)22(2)3)21-19-16-7-5-4-6-13(16)10-18(19)23/h4-9,11-12,18-19,21,23H,10H2,1-3H3. The normalized spacial score (nSPS) is 21.1. The van der Waals surface area contributed by atoms with Gasteiger partial charge in [-0.15, -0.1) is 0 Å². The minimum atomic E-state index is -0.432. The van der Waals surface area contributed by atoms with Crippen LogP contribution in [-0.4, -0.2) is 25.3 Å². The molecule has 4 heteroatoms. The lowest BCUT2D eigenvalue weighted by Crippen LogP contribution is -2.31. The SMILES string of the molecule is CC(NC1c2ccccc2CC1O)c1ccc(F)cc1N(C)C. The van der Waals surface area contributed by atoms with Crippen LogP contribution in [0.15, 0.2) is 42.5 Å². The molecule has 2 aromatic rings. The molecule has 0 bridgehead atoms. The van der Waals surface area contributed by atoms with Crippen molar-refractivity contribution in [2.45, 2.75) is 31.5 Å². The van der Waals surface area contributed by atoms with Gasteiger partial charge in [0.1, 0.15) is 5.82 Å². The average Bonchev–Trinajstić information content (AvgIpc) is 2.83. The molecule has 2 N–H and O–H groups in total. The van der Waals surface area contributed by atoms with E-state index in [0.717, 1.165) is 16.8 Å². The Hall–Kier alpha value is -1.91. The van der Waals surface area contributed by atoms with E-state index in [1.165, 1.54) is 11.6 Å². The van der Waals surface area contributed by atoms with E-state index in [-0.39, 0.29) is 17.9 Å². The second-order valence-corrected chi connectivity index (χ2v) is 6.43. The fraction of sp³-hybridized carbons (Fsp3) is 0.368. The molecule has 0 aliphatic heterocycles. The first kappa shape index (κ1) is 16.0. The van der Waals surface area contributed by atoms with Gasteiger partial charge in [-0.2, -0.15) is 0 Å². The molecule has 3 rings (SSSR count). The highest BCUT2D eigenvalue weighted by Gasteiger charge is 2.32. The molecular formula is C19H23FN2O. The van der Waals surface area contributed by atoms with Gasteiger partial charge in [0, 0.05) is 32.2 Å². The number of hydrogen-bond acceptors (Lipinski definition) is 3. The topological polar surface area (TPSA) is 35.5 Å². The van der Waals surface area contributed by atoms with Gasteiger partial charge >= 0.3 is 0 Å². The van der Waals surface area contributed by atoms with Crippen molar-refractivity contribution in [3.05, 3.63) is 65.0 Å². The van der Waals surface area contributed by atoms with Crippen molar-refractivity contribution in [3.8, 4) is 0 Å². The molecule has 1 aliphatic rings. The number of aliphatic hydroxyl groups is 1. The molecule has 122 valence electrons. The van der Waals surface area contributed by atoms with E-state index in [4.69, 9.17) is 0 Å². The predicted molar refractivity (Wildman–Crippen MR) is 91.2 cm³/mol. The zero-order valence-corrected chi connectivity index (χ0v) is 13.8. The van der Waals surface area contributed by atoms with Gasteiger partial charge in [0.15, 0.2) is 0 Å². The molecule has 0 heterocycles. The first-order valence-electron chi connectivity index (χ1n) is 7.96. The molecule has 0 radical (unpaired) electrons. The van der Waals surface area contributed by atoms with Gasteiger partial charge < -0.3 is 15.3 Å². The number of benzene rings is 2. The molecule has 2 aromatic carbocycles. The number of nitrogens with zero attached hydrogens (tertiary/aromatic N) is 1. The molecule has 3 nitrogen and oxygen atoms in total. The molecule has 0 amide bonds. The number of fused-ring (bicyclic) bond motifs is 1. The van der Waals surface area contributed by atoms with Gasteiger partial charge in [0.05, 0.1) is 12.1 Å². The fourth-order valence-electron chi connectivity index (χ4n) is 3.40. The van der Waals surface area contributed by atoms with Gasteiger partial charge in [-0.3, -0.25) is 0 Å². The summed E-state index contributed by atoms with van der Waals surface area (Å²) in [4.78, 5) is 1.91. The molecule has 0 aromatic heterocycles. The first-order valence-corrected chi connectivity index (χ1v) is 7.96. The number of rotatable bonds is 4. The lowest BCUT2D eigenvalue weighted by Gasteiger charge is -2.27. The molecule has 0 fully saturated rings. The van der Waals surface area contributed by atoms with Gasteiger partial charge in [-0.25, -0.2) is 4.39 Å². The van der Waals surface area contributed by atoms with Crippen molar-refractivity contribution in [1.29, 1.82) is 0 Å². The second kappa shape index (κ2) is 6.30. The Labute approximate surface area is 136 Å². The van der Waals surface area contributed by atoms with Gasteiger partial charge in [0.2, 0.25) is 0 Å². The zero-order chi connectivity index (χ0) is 16.6. The van der Waals surface area contributed by atoms with E-state index in [1.807, 2.05) is 44.1 Å². The lowest BCUT2D eigenvalue weighted by molar-refractivity contribution is 0.136. The van der Waals surface area contributed by atoms with Crippen molar-refractivity contribution in [2.24, 2.45) is 0 Å². The van der Waals surface area contributed by atoms with E-state index >= 15 is 0 Å². The van der Waals surface area contributed by atoms with Crippen LogP contribution in [0, 0.1) is 5.82 Å². The van der Waals surface area contributed by atoms with Crippen molar-refractivity contribution < 1.29 is 9.50 Å². The minimum absolute atomic E-state index is 0.00111. The molecule has 1 aliphatic carbocycles. The summed E-state index contributed by atoms with van der Waals surface area (Å²) in [6.07, 6.45) is 0.239. The lowest BCUT2D eigenvalue weighted by atomic mass is 10.0. The molecule has 3 atom stereocenters. The van der Waals surface area contributed by atoms with Gasteiger partial charge in [-0.05, 0) is 35.7 Å². The Balaban J connectivity index is 1.87. The maximum atomic E-state index is 13.5. The second-order valence-electron chi connectivity index (χ2n) is 6.43. The van der Waals surface area contributed by atoms with E-state index in [1.54, 1.807) is 6.07 Å². The zero-order valence-electron chi connectivity index (χ0n) is 13.8. The Morgan fingerprint density at radius 2 is 1.96 bits per heavy atom. The van der Waals surface area contributed by atoms with Crippen LogP contribution in [0.5, 0.6) is 0 Å². The molecule has 0 saturated heterocycles. The largest absolute Gasteiger partial charge is 0.391 e. The Bertz CT molecular complexity index is 702. The maximum absolute atomic E-state index is 13.5. The number of anilines is 1. The summed E-state index contributed by atoms with van der Waals surface area (Å²) >= 11 is 0. The molecule has 0 saturated carbocycles. The van der Waals surface area contributed by atoms with Crippen molar-refractivity contribution in [3.63, 3.8) is 0 Å². The summed E-state index contributed by atoms with van der Waals surface area (Å²) in [5.74, 6) is -0.240. The maximum Gasteiger partial charge on any atom is 0.125 e. The van der Waals surface area contributed by atoms with Crippen molar-refractivity contribution in [2.75, 3.05) is 19.0 Å². The van der Waals surface area contributed by atoms with E-state index in [0.29, 0.717) is 6.42 Å². The number of hydrogen-bond donors (Lipinski definition) is 2. The van der Waals surface area contributed by atoms with Crippen molar-refractivity contribution >= 4 is 5.69 Å². The van der Waals surface area contributed by atoms with E-state index in [2.05, 4.69) is 17.4 Å². The van der Waals surface area contributed by atoms with E-state index < -0.39 is 6.10 Å². The van der Waals surface area contributed by atoms with Crippen LogP contribution < -0.4 is 10.2 Å². The Morgan fingerprint density at radius 3 is 2.70 bits per heavy atom. The fourth-order valence-corrected chi connectivity index (χ4v) is 3.40. The quantitative estimate of drug-likeness (QED) is 0.910. The smallest absolute Gasteiger partial charge is 0.125 e. The van der Waals surface area contributed by atoms with Gasteiger partial charge in [-0.1, -0.05) is 30.3 Å². The Kier molecular flexibility index (Phi) is 4.37. The monoisotopic (exact) mass is 314 g/mol. The van der Waals surface area contributed by atoms with Crippen LogP contribution in [0.4, 0.5) is 10.1 Å². The third-order valence-electron chi connectivity index (χ3n) is 4.57. The molecular weight excluding hydrogens is 291 g/mol. The van der Waals surface area contributed by atoms with Crippen LogP contribution in [0.2, 0.25) is 0 Å². The van der Waals surface area contributed by atoms with Crippen LogP contribution in [0.3, 0.4) is 0 Å². The highest BCUT2D eigenvalue weighted by atomic mass is 19.1. The minimum Gasteiger partial charge on any atom is -0.391 e. The summed E-state index contributed by atoms with van der Waals surface area (Å²) in [7, 11) is 3.81. The Morgan fingerprint density at radius 1 is 1.22 bits per heavy atom. The third kappa shape index (κ3) is 3.09. The number of halogens is 1. The summed E-state index contributed by atoms with van der Waals surface area (Å²) in [6.45, 7) is 2.05. The summed E-state index contributed by atoms with van der Waals surface area (Å²) in [6, 6.07) is 12.9. The highest BCUT2D eigenvalue weighted by Crippen LogP contribution is 2.34. The summed E-state index contributed by atoms with van der Waals surface area (Å²) in [5, 5.41) is 13.9. The van der Waals surface area contributed by atoms with Crippen molar-refractivity contribution in [1.82, 2.24) is 5.32 Å². The van der Waals surface area contributed by atoms with Crippen LogP contribution in [-0.2, 0) is 6.42 Å². The third-order valence-corrected chi connectivity index (χ3v) is 4.57. The predicted octanol–water partition coefficient (Wildman–Crippen LogP) is 3.20. The summed E-state index contributed by atoms with van der Waals surface area (Å²) in [5.41, 5.74) is 4.22. The van der Waals surface area contributed by atoms with Crippen LogP contribution >= 0.6 is 0 Å². The summed E-state index contributed by atoms with van der Waals surface area (Å²) < 4.78 is 13.5. The van der Waals surface area contributed by atoms with Crippen LogP contribution in [0.1, 0.15) is 35.7 Å². The highest BCUT2D eigenvalue weighted by molar-refractivity contribution is 5.54. The molecule has 0 spiro atoms. The number of aliphatic hydroxyl groups excluding tert-OH is 1. The number of nitrogens with one attached hydrogen (secondary N) is 1. The first-order chi connectivity index (χ1) is 11.0. The van der Waals surface area contributed by atoms with Crippen LogP contribution in [0.25, 0.3) is 0 Å². The molecule has 3 unspecified atom stereocenters. The molecule has 23 heavy (non-hydrogen) atoms. The van der Waals surface area contributed by atoms with E-state index in [9.17, 15) is 9.50 Å². The average molecular weight is 314 g/mol.